The van der Waals surface area contributed by atoms with Crippen LogP contribution in [0.3, 0.4) is 0 Å². The van der Waals surface area contributed by atoms with E-state index in [0.717, 1.165) is 51.4 Å². The van der Waals surface area contributed by atoms with Crippen molar-refractivity contribution in [3.05, 3.63) is 0 Å². The fourth-order valence-electron chi connectivity index (χ4n) is 4.75. The highest BCUT2D eigenvalue weighted by atomic mass is 19.4. The summed E-state index contributed by atoms with van der Waals surface area (Å²) in [6.07, 6.45) is 3.16. The molecule has 0 N–H and O–H groups in total. The Hall–Kier alpha value is -0.210. The van der Waals surface area contributed by atoms with Crippen LogP contribution in [-0.4, -0.2) is 6.18 Å². The maximum absolute atomic E-state index is 13.9. The second-order valence-corrected chi connectivity index (χ2v) is 7.72. The molecule has 0 bridgehead atoms. The van der Waals surface area contributed by atoms with Gasteiger partial charge < -0.3 is 0 Å². The van der Waals surface area contributed by atoms with Gasteiger partial charge in [-0.05, 0) is 49.4 Å². The lowest BCUT2D eigenvalue weighted by atomic mass is 9.57. The van der Waals surface area contributed by atoms with Gasteiger partial charge in [-0.15, -0.1) is 0 Å². The Labute approximate surface area is 121 Å². The van der Waals surface area contributed by atoms with Gasteiger partial charge in [-0.25, -0.2) is 0 Å². The van der Waals surface area contributed by atoms with Crippen LogP contribution in [0.2, 0.25) is 0 Å². The first-order chi connectivity index (χ1) is 9.25. The van der Waals surface area contributed by atoms with Gasteiger partial charge >= 0.3 is 6.18 Å². The number of halogens is 3. The Bertz CT molecular complexity index is 299. The summed E-state index contributed by atoms with van der Waals surface area (Å²) in [5, 5.41) is 0. The fourth-order valence-corrected chi connectivity index (χ4v) is 4.75. The lowest BCUT2D eigenvalue weighted by Gasteiger charge is -2.49. The van der Waals surface area contributed by atoms with Crippen molar-refractivity contribution in [2.24, 2.45) is 29.1 Å². The molecule has 4 unspecified atom stereocenters. The molecule has 0 amide bonds. The van der Waals surface area contributed by atoms with E-state index in [-0.39, 0.29) is 11.8 Å². The van der Waals surface area contributed by atoms with Crippen molar-refractivity contribution in [1.82, 2.24) is 0 Å². The molecule has 0 aromatic heterocycles. The summed E-state index contributed by atoms with van der Waals surface area (Å²) in [5.74, 6) is 0.580. The summed E-state index contributed by atoms with van der Waals surface area (Å²) in [4.78, 5) is 0. The normalized spacial score (nSPS) is 39.3. The maximum Gasteiger partial charge on any atom is 0.394 e. The Balaban J connectivity index is 2.25. The third kappa shape index (κ3) is 3.01. The van der Waals surface area contributed by atoms with E-state index in [0.29, 0.717) is 11.8 Å². The SMILES string of the molecule is CC1CCCC(C(C)(C2CCCC(C)C2)C(F)(F)F)C1. The van der Waals surface area contributed by atoms with Gasteiger partial charge in [-0.1, -0.05) is 46.5 Å². The Kier molecular flexibility index (Phi) is 4.76. The van der Waals surface area contributed by atoms with Gasteiger partial charge in [0.1, 0.15) is 0 Å². The highest BCUT2D eigenvalue weighted by molar-refractivity contribution is 4.97. The van der Waals surface area contributed by atoms with E-state index in [4.69, 9.17) is 0 Å². The summed E-state index contributed by atoms with van der Waals surface area (Å²) in [5.41, 5.74) is -1.46. The first kappa shape index (κ1) is 16.2. The first-order valence-electron chi connectivity index (χ1n) is 8.31. The van der Waals surface area contributed by atoms with Crippen molar-refractivity contribution in [3.63, 3.8) is 0 Å². The summed E-state index contributed by atoms with van der Waals surface area (Å²) in [6.45, 7) is 5.78. The van der Waals surface area contributed by atoms with Crippen LogP contribution in [0, 0.1) is 29.1 Å². The zero-order valence-corrected chi connectivity index (χ0v) is 13.1. The van der Waals surface area contributed by atoms with Crippen molar-refractivity contribution < 1.29 is 13.2 Å². The minimum atomic E-state index is -4.06. The van der Waals surface area contributed by atoms with Crippen molar-refractivity contribution in [3.8, 4) is 0 Å². The van der Waals surface area contributed by atoms with Gasteiger partial charge in [0.2, 0.25) is 0 Å². The average molecular weight is 290 g/mol. The Morgan fingerprint density at radius 3 is 1.45 bits per heavy atom. The maximum atomic E-state index is 13.9. The molecule has 0 saturated heterocycles. The summed E-state index contributed by atoms with van der Waals surface area (Å²) >= 11 is 0. The molecule has 0 radical (unpaired) electrons. The van der Waals surface area contributed by atoms with Crippen molar-refractivity contribution in [2.45, 2.75) is 78.3 Å². The van der Waals surface area contributed by atoms with Crippen LogP contribution < -0.4 is 0 Å². The van der Waals surface area contributed by atoms with Gasteiger partial charge in [0.15, 0.2) is 0 Å². The highest BCUT2D eigenvalue weighted by Crippen LogP contribution is 2.58. The van der Waals surface area contributed by atoms with Gasteiger partial charge in [0.05, 0.1) is 5.41 Å². The van der Waals surface area contributed by atoms with Crippen LogP contribution in [0.4, 0.5) is 13.2 Å². The minimum absolute atomic E-state index is 0.165. The van der Waals surface area contributed by atoms with E-state index in [2.05, 4.69) is 13.8 Å². The molecule has 0 aromatic carbocycles. The summed E-state index contributed by atoms with van der Waals surface area (Å²) < 4.78 is 41.8. The topological polar surface area (TPSA) is 0 Å². The van der Waals surface area contributed by atoms with Crippen LogP contribution in [0.15, 0.2) is 0 Å². The third-order valence-electron chi connectivity index (χ3n) is 6.18. The zero-order valence-electron chi connectivity index (χ0n) is 13.1. The molecule has 2 saturated carbocycles. The van der Waals surface area contributed by atoms with E-state index in [1.807, 2.05) is 0 Å². The van der Waals surface area contributed by atoms with Crippen molar-refractivity contribution >= 4 is 0 Å². The third-order valence-corrected chi connectivity index (χ3v) is 6.18. The molecule has 4 atom stereocenters. The first-order valence-corrected chi connectivity index (χ1v) is 8.31. The quantitative estimate of drug-likeness (QED) is 0.567. The predicted molar refractivity (Wildman–Crippen MR) is 76.4 cm³/mol. The number of rotatable bonds is 2. The number of hydrogen-bond donors (Lipinski definition) is 0. The van der Waals surface area contributed by atoms with Gasteiger partial charge in [-0.2, -0.15) is 13.2 Å². The second-order valence-electron chi connectivity index (χ2n) is 7.72. The predicted octanol–water partition coefficient (Wildman–Crippen LogP) is 6.21. The molecule has 0 heterocycles. The smallest absolute Gasteiger partial charge is 0.170 e. The fraction of sp³-hybridized carbons (Fsp3) is 1.00. The lowest BCUT2D eigenvalue weighted by Crippen LogP contribution is -2.50. The van der Waals surface area contributed by atoms with E-state index in [1.54, 1.807) is 6.92 Å². The van der Waals surface area contributed by atoms with Crippen LogP contribution in [0.1, 0.15) is 72.1 Å². The Morgan fingerprint density at radius 1 is 0.750 bits per heavy atom. The van der Waals surface area contributed by atoms with Crippen LogP contribution >= 0.6 is 0 Å². The minimum Gasteiger partial charge on any atom is -0.170 e. The van der Waals surface area contributed by atoms with Gasteiger partial charge in [0, 0.05) is 0 Å². The average Bonchev–Trinajstić information content (AvgIpc) is 2.36. The van der Waals surface area contributed by atoms with Gasteiger partial charge in [-0.3, -0.25) is 0 Å². The summed E-state index contributed by atoms with van der Waals surface area (Å²) in [6, 6.07) is 0. The number of alkyl halides is 3. The monoisotopic (exact) mass is 290 g/mol. The standard InChI is InChI=1S/C17H29F3/c1-12-6-4-8-14(10-12)16(3,17(18,19)20)15-9-5-7-13(2)11-15/h12-15H,4-11H2,1-3H3. The zero-order chi connectivity index (χ0) is 15.0. The second kappa shape index (κ2) is 5.88. The molecule has 20 heavy (non-hydrogen) atoms. The van der Waals surface area contributed by atoms with Crippen LogP contribution in [0.25, 0.3) is 0 Å². The van der Waals surface area contributed by atoms with E-state index >= 15 is 0 Å². The molecule has 2 aliphatic rings. The molecule has 3 heteroatoms. The molecule has 2 rings (SSSR count). The largest absolute Gasteiger partial charge is 0.394 e. The van der Waals surface area contributed by atoms with Crippen molar-refractivity contribution in [2.75, 3.05) is 0 Å². The molecular weight excluding hydrogens is 261 g/mol. The highest BCUT2D eigenvalue weighted by Gasteiger charge is 2.59. The molecule has 0 spiro atoms. The Morgan fingerprint density at radius 2 is 1.15 bits per heavy atom. The van der Waals surface area contributed by atoms with E-state index in [1.165, 1.54) is 0 Å². The molecule has 2 aliphatic carbocycles. The number of hydrogen-bond acceptors (Lipinski definition) is 0. The lowest BCUT2D eigenvalue weighted by molar-refractivity contribution is -0.265. The van der Waals surface area contributed by atoms with Crippen LogP contribution in [-0.2, 0) is 0 Å². The van der Waals surface area contributed by atoms with E-state index in [9.17, 15) is 13.2 Å². The molecular formula is C17H29F3. The van der Waals surface area contributed by atoms with Crippen molar-refractivity contribution in [1.29, 1.82) is 0 Å². The molecule has 118 valence electrons. The van der Waals surface area contributed by atoms with E-state index < -0.39 is 11.6 Å². The molecule has 2 fully saturated rings. The molecule has 0 aliphatic heterocycles. The summed E-state index contributed by atoms with van der Waals surface area (Å²) in [7, 11) is 0. The molecule has 0 nitrogen and oxygen atoms in total. The van der Waals surface area contributed by atoms with Crippen LogP contribution in [0.5, 0.6) is 0 Å². The van der Waals surface area contributed by atoms with Gasteiger partial charge in [0.25, 0.3) is 0 Å². The molecule has 0 aromatic rings.